The summed E-state index contributed by atoms with van der Waals surface area (Å²) < 4.78 is 5.50. The zero-order valence-electron chi connectivity index (χ0n) is 21.8. The Kier molecular flexibility index (Phi) is 15.0. The Morgan fingerprint density at radius 3 is 1.79 bits per heavy atom. The van der Waals surface area contributed by atoms with Gasteiger partial charge in [-0.1, -0.05) is 103 Å². The number of ether oxygens (including phenoxy) is 1. The third-order valence-electron chi connectivity index (χ3n) is 6.51. The quantitative estimate of drug-likeness (QED) is 0.118. The summed E-state index contributed by atoms with van der Waals surface area (Å²) in [6.45, 7) is 4.50. The van der Waals surface area contributed by atoms with Crippen LogP contribution < -0.4 is 4.74 Å². The van der Waals surface area contributed by atoms with E-state index in [1.165, 1.54) is 89.0 Å². The highest BCUT2D eigenvalue weighted by Gasteiger charge is 2.06. The fourth-order valence-electron chi connectivity index (χ4n) is 4.31. The molecule has 0 aliphatic carbocycles. The number of hydrogen-bond donors (Lipinski definition) is 0. The summed E-state index contributed by atoms with van der Waals surface area (Å²) in [6, 6.07) is 12.0. The first kappa shape index (κ1) is 28.1. The lowest BCUT2D eigenvalue weighted by atomic mass is 10.0. The van der Waals surface area contributed by atoms with E-state index in [2.05, 4.69) is 31.0 Å². The van der Waals surface area contributed by atoms with Crippen LogP contribution in [-0.4, -0.2) is 11.0 Å². The third-order valence-corrected chi connectivity index (χ3v) is 6.51. The fraction of sp³-hybridized carbons (Fsp3) is 0.613. The van der Waals surface area contributed by atoms with Gasteiger partial charge in [-0.05, 0) is 55.2 Å². The maximum atomic E-state index is 12.1. The molecule has 1 heterocycles. The number of esters is 1. The molecule has 0 saturated heterocycles. The Balaban J connectivity index is 1.64. The highest BCUT2D eigenvalue weighted by molar-refractivity contribution is 5.72. The number of unbranched alkanes of at least 4 members (excludes halogenated alkanes) is 13. The lowest BCUT2D eigenvalue weighted by Crippen LogP contribution is -2.07. The number of nitrogens with zero attached hydrogens (tertiary/aromatic N) is 1. The normalized spacial score (nSPS) is 11.0. The van der Waals surface area contributed by atoms with Crippen molar-refractivity contribution in [2.75, 3.05) is 0 Å². The van der Waals surface area contributed by atoms with Gasteiger partial charge in [0.1, 0.15) is 5.75 Å². The molecule has 0 fully saturated rings. The number of aromatic nitrogens is 1. The second kappa shape index (κ2) is 18.2. The van der Waals surface area contributed by atoms with E-state index in [1.807, 2.05) is 30.5 Å². The molecule has 3 nitrogen and oxygen atoms in total. The van der Waals surface area contributed by atoms with Crippen LogP contribution in [0.2, 0.25) is 0 Å². The fourth-order valence-corrected chi connectivity index (χ4v) is 4.31. The van der Waals surface area contributed by atoms with Gasteiger partial charge >= 0.3 is 5.97 Å². The summed E-state index contributed by atoms with van der Waals surface area (Å²) in [6.07, 6.45) is 22.8. The van der Waals surface area contributed by atoms with Gasteiger partial charge in [-0.25, -0.2) is 0 Å². The minimum Gasteiger partial charge on any atom is -0.427 e. The van der Waals surface area contributed by atoms with E-state index in [4.69, 9.17) is 4.74 Å². The van der Waals surface area contributed by atoms with Crippen molar-refractivity contribution in [2.24, 2.45) is 0 Å². The predicted molar refractivity (Wildman–Crippen MR) is 144 cm³/mol. The molecule has 0 bridgehead atoms. The summed E-state index contributed by atoms with van der Waals surface area (Å²) in [7, 11) is 0. The van der Waals surface area contributed by atoms with Crippen LogP contribution in [-0.2, 0) is 11.2 Å². The second-order valence-electron chi connectivity index (χ2n) is 9.65. The van der Waals surface area contributed by atoms with Crippen molar-refractivity contribution in [3.63, 3.8) is 0 Å². The zero-order chi connectivity index (χ0) is 24.3. The molecule has 2 aromatic rings. The maximum Gasteiger partial charge on any atom is 0.311 e. The van der Waals surface area contributed by atoms with Crippen LogP contribution in [0.1, 0.15) is 122 Å². The van der Waals surface area contributed by atoms with Gasteiger partial charge in [-0.2, -0.15) is 0 Å². The first-order chi connectivity index (χ1) is 16.7. The Labute approximate surface area is 208 Å². The lowest BCUT2D eigenvalue weighted by molar-refractivity contribution is -0.134. The molecule has 0 aliphatic rings. The minimum absolute atomic E-state index is 0.134. The van der Waals surface area contributed by atoms with Gasteiger partial charge in [0.05, 0.1) is 5.69 Å². The van der Waals surface area contributed by atoms with Gasteiger partial charge in [0.15, 0.2) is 0 Å². The molecular formula is C31H47NO2. The highest BCUT2D eigenvalue weighted by atomic mass is 16.5. The number of benzene rings is 1. The monoisotopic (exact) mass is 465 g/mol. The molecule has 0 radical (unpaired) electrons. The summed E-state index contributed by atoms with van der Waals surface area (Å²) in [5.74, 6) is 0.479. The van der Waals surface area contributed by atoms with E-state index in [0.717, 1.165) is 30.5 Å². The van der Waals surface area contributed by atoms with Gasteiger partial charge in [0.2, 0.25) is 0 Å². The number of rotatable bonds is 19. The highest BCUT2D eigenvalue weighted by Crippen LogP contribution is 2.22. The van der Waals surface area contributed by atoms with Crippen molar-refractivity contribution in [2.45, 2.75) is 123 Å². The van der Waals surface area contributed by atoms with Crippen molar-refractivity contribution < 1.29 is 9.53 Å². The Morgan fingerprint density at radius 2 is 1.24 bits per heavy atom. The smallest absolute Gasteiger partial charge is 0.311 e. The van der Waals surface area contributed by atoms with E-state index < -0.39 is 0 Å². The first-order valence-electron chi connectivity index (χ1n) is 14.0. The molecule has 0 unspecified atom stereocenters. The topological polar surface area (TPSA) is 39.2 Å². The standard InChI is InChI=1S/C31H47NO2/c1-3-5-7-9-11-13-14-16-18-27-20-25-30(32-26-27)28-21-23-29(24-22-28)34-31(33)19-17-15-12-10-8-6-4-2/h20-26H,3-19H2,1-2H3. The Morgan fingerprint density at radius 1 is 0.676 bits per heavy atom. The number of hydrogen-bond acceptors (Lipinski definition) is 3. The SMILES string of the molecule is CCCCCCCCCCc1ccc(-c2ccc(OC(=O)CCCCCCCCC)cc2)nc1. The maximum absolute atomic E-state index is 12.1. The predicted octanol–water partition coefficient (Wildman–Crippen LogP) is 9.48. The molecule has 0 saturated carbocycles. The molecule has 0 atom stereocenters. The molecule has 3 heteroatoms. The van der Waals surface area contributed by atoms with Crippen molar-refractivity contribution in [3.8, 4) is 17.0 Å². The average molecular weight is 466 g/mol. The van der Waals surface area contributed by atoms with Crippen molar-refractivity contribution in [3.05, 3.63) is 48.2 Å². The molecular weight excluding hydrogens is 418 g/mol. The van der Waals surface area contributed by atoms with E-state index in [9.17, 15) is 4.79 Å². The Hall–Kier alpha value is -2.16. The zero-order valence-corrected chi connectivity index (χ0v) is 21.8. The van der Waals surface area contributed by atoms with Crippen molar-refractivity contribution >= 4 is 5.97 Å². The van der Waals surface area contributed by atoms with Gasteiger partial charge < -0.3 is 4.74 Å². The van der Waals surface area contributed by atoms with E-state index in [-0.39, 0.29) is 5.97 Å². The van der Waals surface area contributed by atoms with Gasteiger partial charge in [0.25, 0.3) is 0 Å². The number of aryl methyl sites for hydroxylation is 1. The molecule has 34 heavy (non-hydrogen) atoms. The molecule has 2 rings (SSSR count). The first-order valence-corrected chi connectivity index (χ1v) is 14.0. The van der Waals surface area contributed by atoms with Gasteiger partial charge in [-0.3, -0.25) is 9.78 Å². The van der Waals surface area contributed by atoms with Crippen LogP contribution >= 0.6 is 0 Å². The molecule has 0 amide bonds. The molecule has 188 valence electrons. The van der Waals surface area contributed by atoms with E-state index in [0.29, 0.717) is 12.2 Å². The number of pyridine rings is 1. The molecule has 0 spiro atoms. The average Bonchev–Trinajstić information content (AvgIpc) is 2.86. The van der Waals surface area contributed by atoms with Gasteiger partial charge in [0, 0.05) is 18.2 Å². The van der Waals surface area contributed by atoms with Crippen molar-refractivity contribution in [1.29, 1.82) is 0 Å². The van der Waals surface area contributed by atoms with Crippen LogP contribution in [0.3, 0.4) is 0 Å². The molecule has 0 N–H and O–H groups in total. The second-order valence-corrected chi connectivity index (χ2v) is 9.65. The third kappa shape index (κ3) is 12.3. The molecule has 1 aromatic carbocycles. The van der Waals surface area contributed by atoms with Crippen LogP contribution in [0.4, 0.5) is 0 Å². The largest absolute Gasteiger partial charge is 0.427 e. The van der Waals surface area contributed by atoms with Crippen LogP contribution in [0.5, 0.6) is 5.75 Å². The summed E-state index contributed by atoms with van der Waals surface area (Å²) in [5.41, 5.74) is 3.32. The summed E-state index contributed by atoms with van der Waals surface area (Å²) in [4.78, 5) is 16.7. The van der Waals surface area contributed by atoms with E-state index >= 15 is 0 Å². The summed E-state index contributed by atoms with van der Waals surface area (Å²) >= 11 is 0. The summed E-state index contributed by atoms with van der Waals surface area (Å²) in [5, 5.41) is 0. The van der Waals surface area contributed by atoms with Gasteiger partial charge in [-0.15, -0.1) is 0 Å². The van der Waals surface area contributed by atoms with Crippen LogP contribution in [0.25, 0.3) is 11.3 Å². The number of carbonyl (C=O) groups is 1. The minimum atomic E-state index is -0.134. The molecule has 1 aromatic heterocycles. The lowest BCUT2D eigenvalue weighted by Gasteiger charge is -2.07. The Bertz CT molecular complexity index is 767. The van der Waals surface area contributed by atoms with Crippen molar-refractivity contribution in [1.82, 2.24) is 4.98 Å². The van der Waals surface area contributed by atoms with E-state index in [1.54, 1.807) is 0 Å². The molecule has 0 aliphatic heterocycles. The van der Waals surface area contributed by atoms with Crippen LogP contribution in [0, 0.1) is 0 Å². The number of carbonyl (C=O) groups excluding carboxylic acids is 1. The van der Waals surface area contributed by atoms with Crippen LogP contribution in [0.15, 0.2) is 42.6 Å².